The van der Waals surface area contributed by atoms with Gasteiger partial charge in [0.2, 0.25) is 5.78 Å². The van der Waals surface area contributed by atoms with Crippen LogP contribution in [0, 0.1) is 6.92 Å². The zero-order valence-corrected chi connectivity index (χ0v) is 14.5. The summed E-state index contributed by atoms with van der Waals surface area (Å²) in [6.07, 6.45) is 0. The summed E-state index contributed by atoms with van der Waals surface area (Å²) >= 11 is 6.20. The fourth-order valence-electron chi connectivity index (χ4n) is 3.09. The van der Waals surface area contributed by atoms with E-state index < -0.39 is 0 Å². The Labute approximate surface area is 151 Å². The van der Waals surface area contributed by atoms with Gasteiger partial charge in [0.15, 0.2) is 0 Å². The molecule has 0 fully saturated rings. The predicted molar refractivity (Wildman–Crippen MR) is 103 cm³/mol. The molecule has 3 aromatic carbocycles. The highest BCUT2D eigenvalue weighted by Gasteiger charge is 2.20. The summed E-state index contributed by atoms with van der Waals surface area (Å²) in [5.74, 6) is -0.0221. The second-order valence-corrected chi connectivity index (χ2v) is 6.56. The van der Waals surface area contributed by atoms with Gasteiger partial charge in [-0.15, -0.1) is 0 Å². The van der Waals surface area contributed by atoms with Crippen LogP contribution in [0.1, 0.15) is 21.6 Å². The van der Waals surface area contributed by atoms with Gasteiger partial charge < -0.3 is 4.98 Å². The Balaban J connectivity index is 1.97. The van der Waals surface area contributed by atoms with E-state index in [1.54, 1.807) is 0 Å². The molecule has 0 aliphatic rings. The molecule has 0 atom stereocenters. The minimum atomic E-state index is -0.0221. The van der Waals surface area contributed by atoms with E-state index in [2.05, 4.69) is 4.98 Å². The van der Waals surface area contributed by atoms with Crippen molar-refractivity contribution in [2.24, 2.45) is 0 Å². The monoisotopic (exact) mass is 345 g/mol. The number of halogens is 1. The zero-order chi connectivity index (χ0) is 17.4. The van der Waals surface area contributed by atoms with Crippen LogP contribution in [0.5, 0.6) is 0 Å². The maximum atomic E-state index is 13.1. The molecule has 1 aromatic heterocycles. The van der Waals surface area contributed by atoms with Crippen LogP contribution in [0.15, 0.2) is 72.8 Å². The largest absolute Gasteiger partial charge is 0.351 e. The third kappa shape index (κ3) is 2.86. The van der Waals surface area contributed by atoms with Crippen molar-refractivity contribution in [3.63, 3.8) is 0 Å². The van der Waals surface area contributed by atoms with E-state index in [9.17, 15) is 4.79 Å². The van der Waals surface area contributed by atoms with E-state index in [0.717, 1.165) is 27.6 Å². The highest BCUT2D eigenvalue weighted by molar-refractivity contribution is 6.31. The van der Waals surface area contributed by atoms with Crippen LogP contribution in [0.3, 0.4) is 0 Å². The van der Waals surface area contributed by atoms with Crippen molar-refractivity contribution in [1.29, 1.82) is 0 Å². The third-order valence-corrected chi connectivity index (χ3v) is 4.60. The van der Waals surface area contributed by atoms with Crippen molar-refractivity contribution in [3.05, 3.63) is 94.6 Å². The lowest BCUT2D eigenvalue weighted by Gasteiger charge is -2.05. The molecule has 0 spiro atoms. The molecule has 25 heavy (non-hydrogen) atoms. The van der Waals surface area contributed by atoms with Gasteiger partial charge in [-0.1, -0.05) is 71.8 Å². The number of fused-ring (bicyclic) bond motifs is 1. The van der Waals surface area contributed by atoms with Crippen molar-refractivity contribution < 1.29 is 4.79 Å². The molecule has 1 N–H and O–H groups in total. The Morgan fingerprint density at radius 2 is 1.64 bits per heavy atom. The number of carbonyl (C=O) groups is 1. The summed E-state index contributed by atoms with van der Waals surface area (Å²) in [6, 6.07) is 23.2. The second-order valence-electron chi connectivity index (χ2n) is 6.13. The molecule has 0 saturated heterocycles. The van der Waals surface area contributed by atoms with E-state index in [-0.39, 0.29) is 5.78 Å². The smallest absolute Gasteiger partial charge is 0.209 e. The number of rotatable bonds is 3. The molecule has 0 aliphatic carbocycles. The van der Waals surface area contributed by atoms with Crippen molar-refractivity contribution >= 4 is 28.3 Å². The first-order valence-corrected chi connectivity index (χ1v) is 8.49. The average Bonchev–Trinajstić information content (AvgIpc) is 3.01. The predicted octanol–water partition coefficient (Wildman–Crippen LogP) is 6.03. The van der Waals surface area contributed by atoms with Crippen LogP contribution in [0.2, 0.25) is 5.02 Å². The van der Waals surface area contributed by atoms with Gasteiger partial charge in [-0.2, -0.15) is 0 Å². The average molecular weight is 346 g/mol. The molecule has 0 amide bonds. The van der Waals surface area contributed by atoms with Crippen molar-refractivity contribution in [2.45, 2.75) is 6.92 Å². The van der Waals surface area contributed by atoms with E-state index in [0.29, 0.717) is 16.3 Å². The third-order valence-electron chi connectivity index (χ3n) is 4.36. The minimum Gasteiger partial charge on any atom is -0.351 e. The Kier molecular flexibility index (Phi) is 3.90. The highest BCUT2D eigenvalue weighted by atomic mass is 35.5. The van der Waals surface area contributed by atoms with Gasteiger partial charge in [-0.3, -0.25) is 4.79 Å². The molecule has 1 heterocycles. The first-order valence-electron chi connectivity index (χ1n) is 8.11. The van der Waals surface area contributed by atoms with E-state index in [4.69, 9.17) is 11.6 Å². The van der Waals surface area contributed by atoms with Gasteiger partial charge >= 0.3 is 0 Å². The lowest BCUT2D eigenvalue weighted by molar-refractivity contribution is 0.103. The first-order chi connectivity index (χ1) is 12.1. The van der Waals surface area contributed by atoms with Crippen molar-refractivity contribution in [1.82, 2.24) is 4.98 Å². The number of hydrogen-bond acceptors (Lipinski definition) is 1. The molecule has 122 valence electrons. The SMILES string of the molecule is Cc1ccc(C(=O)c2[nH]c3ccc(Cl)cc3c2-c2ccccc2)cc1. The number of H-pyrrole nitrogens is 1. The maximum absolute atomic E-state index is 13.1. The number of aromatic nitrogens is 1. The summed E-state index contributed by atoms with van der Waals surface area (Å²) < 4.78 is 0. The normalized spacial score (nSPS) is 11.0. The lowest BCUT2D eigenvalue weighted by Crippen LogP contribution is -2.03. The number of benzene rings is 3. The fourth-order valence-corrected chi connectivity index (χ4v) is 3.26. The van der Waals surface area contributed by atoms with Crippen LogP contribution >= 0.6 is 11.6 Å². The zero-order valence-electron chi connectivity index (χ0n) is 13.7. The summed E-state index contributed by atoms with van der Waals surface area (Å²) in [5, 5.41) is 1.60. The number of aryl methyl sites for hydroxylation is 1. The number of hydrogen-bond donors (Lipinski definition) is 1. The Morgan fingerprint density at radius 3 is 2.36 bits per heavy atom. The van der Waals surface area contributed by atoms with Gasteiger partial charge in [0, 0.05) is 27.1 Å². The van der Waals surface area contributed by atoms with E-state index in [1.807, 2.05) is 79.7 Å². The molecule has 0 unspecified atom stereocenters. The van der Waals surface area contributed by atoms with Crippen molar-refractivity contribution in [2.75, 3.05) is 0 Å². The molecule has 0 saturated carbocycles. The number of ketones is 1. The van der Waals surface area contributed by atoms with Gasteiger partial charge in [-0.25, -0.2) is 0 Å². The van der Waals surface area contributed by atoms with Crippen molar-refractivity contribution in [3.8, 4) is 11.1 Å². The fraction of sp³-hybridized carbons (Fsp3) is 0.0455. The van der Waals surface area contributed by atoms with Crippen LogP contribution in [-0.4, -0.2) is 10.8 Å². The summed E-state index contributed by atoms with van der Waals surface area (Å²) in [6.45, 7) is 2.01. The van der Waals surface area contributed by atoms with Gasteiger partial charge in [-0.05, 0) is 30.7 Å². The summed E-state index contributed by atoms with van der Waals surface area (Å²) in [4.78, 5) is 16.4. The summed E-state index contributed by atoms with van der Waals surface area (Å²) in [5.41, 5.74) is 5.17. The van der Waals surface area contributed by atoms with Crippen LogP contribution in [0.4, 0.5) is 0 Å². The van der Waals surface area contributed by atoms with Crippen LogP contribution in [0.25, 0.3) is 22.0 Å². The molecular weight excluding hydrogens is 330 g/mol. The minimum absolute atomic E-state index is 0.0221. The molecule has 2 nitrogen and oxygen atoms in total. The van der Waals surface area contributed by atoms with Gasteiger partial charge in [0.05, 0.1) is 5.69 Å². The molecule has 0 bridgehead atoms. The van der Waals surface area contributed by atoms with E-state index >= 15 is 0 Å². The topological polar surface area (TPSA) is 32.9 Å². The Morgan fingerprint density at radius 1 is 0.920 bits per heavy atom. The number of nitrogens with one attached hydrogen (secondary N) is 1. The molecule has 0 radical (unpaired) electrons. The Hall–Kier alpha value is -2.84. The maximum Gasteiger partial charge on any atom is 0.209 e. The number of aromatic amines is 1. The number of carbonyl (C=O) groups excluding carboxylic acids is 1. The Bertz CT molecular complexity index is 1060. The van der Waals surface area contributed by atoms with Crippen LogP contribution in [-0.2, 0) is 0 Å². The molecule has 4 aromatic rings. The quantitative estimate of drug-likeness (QED) is 0.452. The highest BCUT2D eigenvalue weighted by Crippen LogP contribution is 2.35. The molecule has 0 aliphatic heterocycles. The van der Waals surface area contributed by atoms with Crippen LogP contribution < -0.4 is 0 Å². The first kappa shape index (κ1) is 15.7. The van der Waals surface area contributed by atoms with Gasteiger partial charge in [0.25, 0.3) is 0 Å². The van der Waals surface area contributed by atoms with Gasteiger partial charge in [0.1, 0.15) is 0 Å². The summed E-state index contributed by atoms with van der Waals surface area (Å²) in [7, 11) is 0. The molecular formula is C22H16ClNO. The van der Waals surface area contributed by atoms with E-state index in [1.165, 1.54) is 0 Å². The molecule has 4 rings (SSSR count). The second kappa shape index (κ2) is 6.23. The lowest BCUT2D eigenvalue weighted by atomic mass is 9.97. The molecule has 3 heteroatoms. The standard InChI is InChI=1S/C22H16ClNO/c1-14-7-9-16(10-8-14)22(25)21-20(15-5-3-2-4-6-15)18-13-17(23)11-12-19(18)24-21/h2-13,24H,1H3.